The van der Waals surface area contributed by atoms with Crippen LogP contribution < -0.4 is 26.3 Å². The molecule has 1 aromatic carbocycles. The van der Waals surface area contributed by atoms with Crippen molar-refractivity contribution in [2.24, 2.45) is 16.5 Å². The summed E-state index contributed by atoms with van der Waals surface area (Å²) in [6.45, 7) is 2.30. The molecule has 0 aromatic heterocycles. The number of aliphatic imine (C=N–C) groups is 1. The lowest BCUT2D eigenvalue weighted by Gasteiger charge is -2.09. The second kappa shape index (κ2) is 10.3. The van der Waals surface area contributed by atoms with E-state index in [-0.39, 0.29) is 11.7 Å². The molecule has 0 aliphatic heterocycles. The summed E-state index contributed by atoms with van der Waals surface area (Å²) in [7, 11) is 3.01. The van der Waals surface area contributed by atoms with Crippen LogP contribution in [0, 0.1) is 0 Å². The standard InChI is InChI=1S/C16H26N4O3/c1-22-13-10-12(11-14(23-2)15(13)21)6-5-8-19-7-3-4-9-20-16(17)18/h5-6,10-11,19,21H,3-4,7-9H2,1-2H3,(H4,17,18,20)/b6-5+. The number of hydrogen-bond acceptors (Lipinski definition) is 5. The van der Waals surface area contributed by atoms with Gasteiger partial charge in [-0.3, -0.25) is 4.99 Å². The second-order valence-corrected chi connectivity index (χ2v) is 4.89. The number of benzene rings is 1. The first-order valence-corrected chi connectivity index (χ1v) is 7.46. The van der Waals surface area contributed by atoms with Crippen molar-refractivity contribution in [1.29, 1.82) is 0 Å². The van der Waals surface area contributed by atoms with Gasteiger partial charge in [-0.1, -0.05) is 12.2 Å². The summed E-state index contributed by atoms with van der Waals surface area (Å²) < 4.78 is 10.2. The molecule has 0 saturated heterocycles. The third-order valence-electron chi connectivity index (χ3n) is 3.13. The lowest BCUT2D eigenvalue weighted by molar-refractivity contribution is 0.340. The Bertz CT molecular complexity index is 515. The van der Waals surface area contributed by atoms with Gasteiger partial charge in [0.2, 0.25) is 5.75 Å². The van der Waals surface area contributed by atoms with Gasteiger partial charge in [0.25, 0.3) is 0 Å². The largest absolute Gasteiger partial charge is 0.502 e. The number of unbranched alkanes of at least 4 members (excludes halogenated alkanes) is 1. The smallest absolute Gasteiger partial charge is 0.200 e. The van der Waals surface area contributed by atoms with E-state index in [0.717, 1.165) is 31.5 Å². The van der Waals surface area contributed by atoms with Gasteiger partial charge in [-0.15, -0.1) is 0 Å². The van der Waals surface area contributed by atoms with Gasteiger partial charge < -0.3 is 31.4 Å². The van der Waals surface area contributed by atoms with Crippen LogP contribution in [0.4, 0.5) is 0 Å². The molecule has 23 heavy (non-hydrogen) atoms. The predicted molar refractivity (Wildman–Crippen MR) is 93.0 cm³/mol. The molecular formula is C16H26N4O3. The molecular weight excluding hydrogens is 296 g/mol. The van der Waals surface area contributed by atoms with Crippen molar-refractivity contribution >= 4 is 12.0 Å². The van der Waals surface area contributed by atoms with Crippen LogP contribution >= 0.6 is 0 Å². The quantitative estimate of drug-likeness (QED) is 0.291. The normalized spacial score (nSPS) is 10.7. The lowest BCUT2D eigenvalue weighted by Crippen LogP contribution is -2.23. The molecule has 0 bridgehead atoms. The molecule has 0 fully saturated rings. The van der Waals surface area contributed by atoms with E-state index in [1.54, 1.807) is 12.1 Å². The van der Waals surface area contributed by atoms with Crippen LogP contribution in [0.3, 0.4) is 0 Å². The van der Waals surface area contributed by atoms with E-state index in [0.29, 0.717) is 18.0 Å². The maximum absolute atomic E-state index is 9.85. The van der Waals surface area contributed by atoms with Gasteiger partial charge >= 0.3 is 0 Å². The van der Waals surface area contributed by atoms with Crippen molar-refractivity contribution in [3.05, 3.63) is 23.8 Å². The molecule has 0 aliphatic carbocycles. The van der Waals surface area contributed by atoms with E-state index in [1.807, 2.05) is 12.2 Å². The number of ether oxygens (including phenoxy) is 2. The zero-order valence-corrected chi connectivity index (χ0v) is 13.7. The van der Waals surface area contributed by atoms with Crippen LogP contribution in [0.15, 0.2) is 23.2 Å². The Balaban J connectivity index is 2.36. The van der Waals surface area contributed by atoms with E-state index >= 15 is 0 Å². The van der Waals surface area contributed by atoms with Crippen molar-refractivity contribution in [2.45, 2.75) is 12.8 Å². The Morgan fingerprint density at radius 1 is 1.22 bits per heavy atom. The van der Waals surface area contributed by atoms with Gasteiger partial charge in [-0.2, -0.15) is 0 Å². The van der Waals surface area contributed by atoms with E-state index < -0.39 is 0 Å². The van der Waals surface area contributed by atoms with E-state index in [9.17, 15) is 5.11 Å². The minimum atomic E-state index is 0.00560. The maximum Gasteiger partial charge on any atom is 0.200 e. The van der Waals surface area contributed by atoms with Crippen LogP contribution in [0.1, 0.15) is 18.4 Å². The third-order valence-corrected chi connectivity index (χ3v) is 3.13. The number of phenolic OH excluding ortho intramolecular Hbond substituents is 1. The summed E-state index contributed by atoms with van der Waals surface area (Å²) in [6, 6.07) is 3.51. The van der Waals surface area contributed by atoms with Gasteiger partial charge in [-0.25, -0.2) is 0 Å². The van der Waals surface area contributed by atoms with Gasteiger partial charge in [0.1, 0.15) is 0 Å². The minimum Gasteiger partial charge on any atom is -0.502 e. The molecule has 6 N–H and O–H groups in total. The number of nitrogens with two attached hydrogens (primary N) is 2. The van der Waals surface area contributed by atoms with Crippen molar-refractivity contribution in [3.8, 4) is 17.2 Å². The number of methoxy groups -OCH3 is 2. The van der Waals surface area contributed by atoms with Crippen molar-refractivity contribution in [3.63, 3.8) is 0 Å². The highest BCUT2D eigenvalue weighted by molar-refractivity contribution is 5.75. The SMILES string of the molecule is COc1cc(/C=C/CNCCCCN=C(N)N)cc(OC)c1O. The third kappa shape index (κ3) is 6.92. The topological polar surface area (TPSA) is 115 Å². The van der Waals surface area contributed by atoms with E-state index in [2.05, 4.69) is 10.3 Å². The van der Waals surface area contributed by atoms with E-state index in [1.165, 1.54) is 14.2 Å². The number of aromatic hydroxyl groups is 1. The molecule has 128 valence electrons. The molecule has 7 nitrogen and oxygen atoms in total. The second-order valence-electron chi connectivity index (χ2n) is 4.89. The number of nitrogens with one attached hydrogen (secondary N) is 1. The molecule has 0 radical (unpaired) electrons. The zero-order valence-electron chi connectivity index (χ0n) is 13.7. The Kier molecular flexibility index (Phi) is 8.38. The zero-order chi connectivity index (χ0) is 17.1. The van der Waals surface area contributed by atoms with Gasteiger partial charge in [0.05, 0.1) is 14.2 Å². The molecule has 0 atom stereocenters. The fraction of sp³-hybridized carbons (Fsp3) is 0.438. The van der Waals surface area contributed by atoms with Crippen LogP contribution in [0.25, 0.3) is 6.08 Å². The summed E-state index contributed by atoms with van der Waals surface area (Å²) in [5.74, 6) is 0.917. The fourth-order valence-electron chi connectivity index (χ4n) is 1.96. The van der Waals surface area contributed by atoms with Crippen LogP contribution in [-0.2, 0) is 0 Å². The number of rotatable bonds is 10. The molecule has 0 saturated carbocycles. The average Bonchev–Trinajstić information content (AvgIpc) is 2.54. The first-order valence-electron chi connectivity index (χ1n) is 7.46. The molecule has 0 unspecified atom stereocenters. The molecule has 0 aliphatic rings. The number of guanidine groups is 1. The summed E-state index contributed by atoms with van der Waals surface area (Å²) in [5.41, 5.74) is 11.4. The minimum absolute atomic E-state index is 0.00560. The maximum atomic E-state index is 9.85. The molecule has 1 rings (SSSR count). The first-order chi connectivity index (χ1) is 11.1. The molecule has 7 heteroatoms. The molecule has 1 aromatic rings. The van der Waals surface area contributed by atoms with Crippen LogP contribution in [0.2, 0.25) is 0 Å². The van der Waals surface area contributed by atoms with E-state index in [4.69, 9.17) is 20.9 Å². The molecule has 0 spiro atoms. The van der Waals surface area contributed by atoms with Gasteiger partial charge in [0, 0.05) is 13.1 Å². The fourth-order valence-corrected chi connectivity index (χ4v) is 1.96. The van der Waals surface area contributed by atoms with Gasteiger partial charge in [0.15, 0.2) is 17.5 Å². The summed E-state index contributed by atoms with van der Waals surface area (Å²) in [4.78, 5) is 3.92. The first kappa shape index (κ1) is 18.6. The number of nitrogens with zero attached hydrogens (tertiary/aromatic N) is 1. The Morgan fingerprint density at radius 3 is 2.43 bits per heavy atom. The Labute approximate surface area is 137 Å². The highest BCUT2D eigenvalue weighted by Crippen LogP contribution is 2.37. The molecule has 0 heterocycles. The lowest BCUT2D eigenvalue weighted by atomic mass is 10.1. The summed E-state index contributed by atoms with van der Waals surface area (Å²) in [6.07, 6.45) is 5.89. The predicted octanol–water partition coefficient (Wildman–Crippen LogP) is 1.07. The van der Waals surface area contributed by atoms with Crippen molar-refractivity contribution in [1.82, 2.24) is 5.32 Å². The highest BCUT2D eigenvalue weighted by Gasteiger charge is 2.09. The van der Waals surface area contributed by atoms with Crippen LogP contribution in [-0.4, -0.2) is 44.9 Å². The van der Waals surface area contributed by atoms with Crippen molar-refractivity contribution in [2.75, 3.05) is 33.9 Å². The Hall–Kier alpha value is -2.41. The Morgan fingerprint density at radius 2 is 1.87 bits per heavy atom. The number of hydrogen-bond donors (Lipinski definition) is 4. The number of phenols is 1. The van der Waals surface area contributed by atoms with Crippen molar-refractivity contribution < 1.29 is 14.6 Å². The monoisotopic (exact) mass is 322 g/mol. The molecule has 0 amide bonds. The average molecular weight is 322 g/mol. The highest BCUT2D eigenvalue weighted by atomic mass is 16.5. The summed E-state index contributed by atoms with van der Waals surface area (Å²) in [5, 5.41) is 13.2. The summed E-state index contributed by atoms with van der Waals surface area (Å²) >= 11 is 0. The van der Waals surface area contributed by atoms with Crippen LogP contribution in [0.5, 0.6) is 17.2 Å². The van der Waals surface area contributed by atoms with Gasteiger partial charge in [-0.05, 0) is 37.1 Å².